The Morgan fingerprint density at radius 1 is 0.625 bits per heavy atom. The molecule has 0 spiro atoms. The zero-order valence-corrected chi connectivity index (χ0v) is 29.1. The number of hydrogen-bond acceptors (Lipinski definition) is 5. The van der Waals surface area contributed by atoms with E-state index >= 15 is 0 Å². The van der Waals surface area contributed by atoms with Crippen molar-refractivity contribution in [2.75, 3.05) is 0 Å². The third-order valence-corrected chi connectivity index (χ3v) is 9.21. The van der Waals surface area contributed by atoms with Crippen molar-refractivity contribution in [3.05, 3.63) is 121 Å². The predicted molar refractivity (Wildman–Crippen MR) is 187 cm³/mol. The van der Waals surface area contributed by atoms with E-state index in [0.717, 1.165) is 54.8 Å². The summed E-state index contributed by atoms with van der Waals surface area (Å²) in [6.07, 6.45) is 11.0. The molecule has 0 aliphatic heterocycles. The zero-order valence-electron chi connectivity index (χ0n) is 26.8. The Kier molecular flexibility index (Phi) is 7.26. The minimum atomic E-state index is 0. The predicted octanol–water partition coefficient (Wildman–Crippen LogP) is 9.69. The molecule has 0 radical (unpaired) electrons. The summed E-state index contributed by atoms with van der Waals surface area (Å²) in [4.78, 5) is 18.2. The van der Waals surface area contributed by atoms with E-state index in [1.165, 1.54) is 22.3 Å². The summed E-state index contributed by atoms with van der Waals surface area (Å²) >= 11 is 0. The molecule has 48 heavy (non-hydrogen) atoms. The molecule has 5 aromatic heterocycles. The molecule has 0 saturated carbocycles. The first-order valence-corrected chi connectivity index (χ1v) is 15.9. The molecular formula is C40H30N6OPt. The molecule has 7 nitrogen and oxygen atoms in total. The number of ether oxygens (including phenoxy) is 1. The summed E-state index contributed by atoms with van der Waals surface area (Å²) in [5.74, 6) is 1.93. The van der Waals surface area contributed by atoms with E-state index < -0.39 is 0 Å². The maximum Gasteiger partial charge on any atom is 2.00 e. The van der Waals surface area contributed by atoms with Gasteiger partial charge in [-0.25, -0.2) is 9.97 Å². The van der Waals surface area contributed by atoms with Crippen LogP contribution in [-0.2, 0) is 21.1 Å². The molecule has 0 fully saturated rings. The summed E-state index contributed by atoms with van der Waals surface area (Å²) in [7, 11) is 0. The summed E-state index contributed by atoms with van der Waals surface area (Å²) in [6, 6.07) is 28.4. The van der Waals surface area contributed by atoms with Gasteiger partial charge in [-0.3, -0.25) is 9.97 Å². The van der Waals surface area contributed by atoms with Gasteiger partial charge in [-0.15, -0.1) is 12.1 Å². The van der Waals surface area contributed by atoms with Crippen molar-refractivity contribution in [2.45, 2.75) is 39.5 Å². The number of benzene rings is 4. The topological polar surface area (TPSA) is 69.6 Å². The van der Waals surface area contributed by atoms with Crippen molar-refractivity contribution in [1.29, 1.82) is 0 Å². The Morgan fingerprint density at radius 3 is 1.90 bits per heavy atom. The summed E-state index contributed by atoms with van der Waals surface area (Å²) < 4.78 is 10.6. The van der Waals surface area contributed by atoms with Crippen LogP contribution < -0.4 is 4.74 Å². The fourth-order valence-electron chi connectivity index (χ4n) is 7.11. The number of hydrogen-bond donors (Lipinski definition) is 0. The van der Waals surface area contributed by atoms with Crippen LogP contribution in [0.5, 0.6) is 11.5 Å². The fourth-order valence-corrected chi connectivity index (χ4v) is 7.11. The van der Waals surface area contributed by atoms with Gasteiger partial charge in [0, 0.05) is 58.9 Å². The van der Waals surface area contributed by atoms with E-state index in [9.17, 15) is 0 Å². The molecule has 9 rings (SSSR count). The normalized spacial score (nSPS) is 12.0. The molecule has 4 aromatic carbocycles. The van der Waals surface area contributed by atoms with Crippen molar-refractivity contribution in [3.63, 3.8) is 0 Å². The molecule has 0 N–H and O–H groups in total. The maximum atomic E-state index is 6.43. The Bertz CT molecular complexity index is 2660. The van der Waals surface area contributed by atoms with Gasteiger partial charge in [-0.1, -0.05) is 110 Å². The first kappa shape index (κ1) is 30.2. The number of rotatable bonds is 5. The van der Waals surface area contributed by atoms with Gasteiger partial charge in [-0.05, 0) is 33.9 Å². The van der Waals surface area contributed by atoms with E-state index in [0.29, 0.717) is 23.3 Å². The van der Waals surface area contributed by atoms with Crippen LogP contribution in [0.4, 0.5) is 0 Å². The van der Waals surface area contributed by atoms with E-state index in [-0.39, 0.29) is 21.1 Å². The van der Waals surface area contributed by atoms with Crippen LogP contribution in [0.1, 0.15) is 50.7 Å². The van der Waals surface area contributed by atoms with Crippen molar-refractivity contribution in [2.24, 2.45) is 0 Å². The van der Waals surface area contributed by atoms with Crippen LogP contribution in [0.3, 0.4) is 0 Å². The molecule has 0 saturated heterocycles. The van der Waals surface area contributed by atoms with Crippen molar-refractivity contribution in [3.8, 4) is 22.6 Å². The van der Waals surface area contributed by atoms with Crippen molar-refractivity contribution < 1.29 is 25.8 Å². The Hall–Kier alpha value is -5.13. The largest absolute Gasteiger partial charge is 2.00 e. The molecule has 5 heterocycles. The van der Waals surface area contributed by atoms with Crippen molar-refractivity contribution in [1.82, 2.24) is 28.7 Å². The van der Waals surface area contributed by atoms with Gasteiger partial charge in [-0.2, -0.15) is 0 Å². The number of fused-ring (bicyclic) bond motifs is 12. The SMILES string of the molecule is CC(C)c1cccc(C(C)C)c1-c1cccc2c3ccc(Oc4[c-]c5c(cc4)c4cncnc4n4ccnc54)[c-]c3c3nccn3c12.[Pt+2]. The van der Waals surface area contributed by atoms with E-state index in [1.807, 2.05) is 41.2 Å². The number of aromatic nitrogens is 6. The second-order valence-electron chi connectivity index (χ2n) is 12.6. The van der Waals surface area contributed by atoms with Crippen LogP contribution in [0, 0.1) is 12.1 Å². The summed E-state index contributed by atoms with van der Waals surface area (Å²) in [6.45, 7) is 9.09. The smallest absolute Gasteiger partial charge is 0.497 e. The van der Waals surface area contributed by atoms with Gasteiger partial charge in [0.05, 0.1) is 11.3 Å². The molecule has 236 valence electrons. The van der Waals surface area contributed by atoms with Crippen LogP contribution in [0.2, 0.25) is 0 Å². The van der Waals surface area contributed by atoms with Crippen molar-refractivity contribution >= 4 is 54.8 Å². The standard InChI is InChI=1S/C40H30N6O.Pt/c1-23(2)27-7-5-8-28(24(3)4)36(27)32-10-6-9-31-29-13-11-25(19-33(29)38-42-15-17-45(38)37(31)32)47-26-12-14-30-34(20-26)39-43-16-18-46(39)40-35(30)21-41-22-44-40;/h5-18,21-24H,1-4H3;/q-2;+2. The van der Waals surface area contributed by atoms with Gasteiger partial charge in [0.15, 0.2) is 0 Å². The Balaban J connectivity index is 0.00000336. The molecule has 0 atom stereocenters. The second kappa shape index (κ2) is 11.5. The molecule has 0 aliphatic rings. The number of imidazole rings is 2. The van der Waals surface area contributed by atoms with Gasteiger partial charge < -0.3 is 13.5 Å². The Morgan fingerprint density at radius 2 is 1.23 bits per heavy atom. The first-order chi connectivity index (χ1) is 23.0. The molecule has 0 unspecified atom stereocenters. The molecule has 0 aliphatic carbocycles. The van der Waals surface area contributed by atoms with Crippen LogP contribution >= 0.6 is 0 Å². The average molecular weight is 806 g/mol. The third kappa shape index (κ3) is 4.52. The first-order valence-electron chi connectivity index (χ1n) is 15.9. The Labute approximate surface area is 291 Å². The quantitative estimate of drug-likeness (QED) is 0.128. The summed E-state index contributed by atoms with van der Waals surface area (Å²) in [5.41, 5.74) is 8.80. The minimum Gasteiger partial charge on any atom is -0.497 e. The molecule has 9 aromatic rings. The molecule has 8 heteroatoms. The molecule has 0 bridgehead atoms. The maximum absolute atomic E-state index is 6.43. The minimum absolute atomic E-state index is 0. The van der Waals surface area contributed by atoms with Gasteiger partial charge in [0.2, 0.25) is 0 Å². The molecule has 0 amide bonds. The average Bonchev–Trinajstić information content (AvgIpc) is 3.79. The van der Waals surface area contributed by atoms with E-state index in [2.05, 4.69) is 108 Å². The van der Waals surface area contributed by atoms with Gasteiger partial charge in [0.25, 0.3) is 0 Å². The van der Waals surface area contributed by atoms with Crippen LogP contribution in [-0.4, -0.2) is 28.7 Å². The monoisotopic (exact) mass is 805 g/mol. The van der Waals surface area contributed by atoms with Gasteiger partial charge >= 0.3 is 21.1 Å². The zero-order chi connectivity index (χ0) is 31.8. The third-order valence-electron chi connectivity index (χ3n) is 9.21. The van der Waals surface area contributed by atoms with Gasteiger partial charge in [0.1, 0.15) is 12.0 Å². The summed E-state index contributed by atoms with van der Waals surface area (Å²) in [5, 5.41) is 5.86. The van der Waals surface area contributed by atoms with Crippen LogP contribution in [0.15, 0.2) is 98.0 Å². The van der Waals surface area contributed by atoms with E-state index in [4.69, 9.17) is 9.72 Å². The fraction of sp³-hybridized carbons (Fsp3) is 0.150. The molecular weight excluding hydrogens is 776 g/mol. The number of nitrogens with zero attached hydrogens (tertiary/aromatic N) is 6. The number of pyridine rings is 2. The second-order valence-corrected chi connectivity index (χ2v) is 12.6. The number of para-hydroxylation sites is 1. The van der Waals surface area contributed by atoms with Crippen LogP contribution in [0.25, 0.3) is 65.9 Å². The van der Waals surface area contributed by atoms with E-state index in [1.54, 1.807) is 12.5 Å².